The maximum Gasteiger partial charge on any atom is 0.335 e. The number of allylic oxidation sites excluding steroid dienone is 2. The van der Waals surface area contributed by atoms with Gasteiger partial charge < -0.3 is 5.11 Å². The zero-order chi connectivity index (χ0) is 24.7. The van der Waals surface area contributed by atoms with Crippen LogP contribution in [0.4, 0.5) is 5.69 Å². The number of ketones is 1. The first-order valence-corrected chi connectivity index (χ1v) is 12.0. The SMILES string of the molecule is O=C1CC(c2ccccc2)CC2=C1C(c1ccc(Cl)cc1Cl)CC(=O)N2c1cccc(C(=O)O)c1. The molecule has 2 unspecified atom stereocenters. The molecule has 5 nitrogen and oxygen atoms in total. The topological polar surface area (TPSA) is 74.7 Å². The van der Waals surface area contributed by atoms with Crippen molar-refractivity contribution in [2.24, 2.45) is 0 Å². The zero-order valence-corrected chi connectivity index (χ0v) is 20.1. The number of carboxylic acid groups (broad SMARTS) is 1. The molecule has 1 N–H and O–H groups in total. The summed E-state index contributed by atoms with van der Waals surface area (Å²) in [6, 6.07) is 21.1. The molecule has 0 saturated carbocycles. The fraction of sp³-hybridized carbons (Fsp3) is 0.179. The Labute approximate surface area is 212 Å². The minimum Gasteiger partial charge on any atom is -0.478 e. The third kappa shape index (κ3) is 4.38. The van der Waals surface area contributed by atoms with Crippen LogP contribution >= 0.6 is 23.2 Å². The molecule has 0 spiro atoms. The number of carbonyl (C=O) groups excluding carboxylic acids is 2. The van der Waals surface area contributed by atoms with Gasteiger partial charge in [0.05, 0.1) is 5.56 Å². The largest absolute Gasteiger partial charge is 0.478 e. The molecule has 35 heavy (non-hydrogen) atoms. The lowest BCUT2D eigenvalue weighted by Crippen LogP contribution is -2.42. The molecule has 0 radical (unpaired) electrons. The number of anilines is 1. The van der Waals surface area contributed by atoms with E-state index in [0.717, 1.165) is 5.56 Å². The summed E-state index contributed by atoms with van der Waals surface area (Å²) in [5.74, 6) is -1.93. The van der Waals surface area contributed by atoms with Gasteiger partial charge in [-0.25, -0.2) is 4.79 Å². The molecule has 0 aromatic heterocycles. The van der Waals surface area contributed by atoms with Gasteiger partial charge in [0, 0.05) is 45.8 Å². The molecule has 1 aliphatic carbocycles. The number of amides is 1. The molecule has 0 saturated heterocycles. The molecule has 1 aliphatic heterocycles. The molecule has 1 amide bonds. The minimum atomic E-state index is -1.08. The van der Waals surface area contributed by atoms with Crippen LogP contribution in [-0.4, -0.2) is 22.8 Å². The van der Waals surface area contributed by atoms with E-state index < -0.39 is 11.9 Å². The van der Waals surface area contributed by atoms with Crippen molar-refractivity contribution < 1.29 is 19.5 Å². The molecule has 3 aromatic carbocycles. The Morgan fingerprint density at radius 2 is 1.66 bits per heavy atom. The van der Waals surface area contributed by atoms with Gasteiger partial charge in [0.1, 0.15) is 0 Å². The van der Waals surface area contributed by atoms with Gasteiger partial charge in [-0.15, -0.1) is 0 Å². The number of halogens is 2. The van der Waals surface area contributed by atoms with E-state index in [9.17, 15) is 19.5 Å². The van der Waals surface area contributed by atoms with Crippen LogP contribution in [0.25, 0.3) is 0 Å². The van der Waals surface area contributed by atoms with E-state index in [2.05, 4.69) is 0 Å². The lowest BCUT2D eigenvalue weighted by molar-refractivity contribution is -0.120. The number of carboxylic acids is 1. The van der Waals surface area contributed by atoms with Gasteiger partial charge in [0.25, 0.3) is 0 Å². The number of benzene rings is 3. The van der Waals surface area contributed by atoms with Gasteiger partial charge in [0.15, 0.2) is 5.78 Å². The van der Waals surface area contributed by atoms with Crippen LogP contribution in [0.2, 0.25) is 10.0 Å². The van der Waals surface area contributed by atoms with Crippen molar-refractivity contribution in [3.8, 4) is 0 Å². The molecule has 2 atom stereocenters. The highest BCUT2D eigenvalue weighted by Gasteiger charge is 2.43. The van der Waals surface area contributed by atoms with E-state index >= 15 is 0 Å². The van der Waals surface area contributed by atoms with Gasteiger partial charge in [-0.05, 0) is 53.8 Å². The van der Waals surface area contributed by atoms with Crippen molar-refractivity contribution in [2.45, 2.75) is 31.1 Å². The summed E-state index contributed by atoms with van der Waals surface area (Å²) >= 11 is 12.6. The predicted molar refractivity (Wildman–Crippen MR) is 135 cm³/mol. The lowest BCUT2D eigenvalue weighted by atomic mass is 9.72. The Hall–Kier alpha value is -3.41. The Kier molecular flexibility index (Phi) is 6.22. The monoisotopic (exact) mass is 505 g/mol. The number of Topliss-reactive ketones (excluding diaryl/α,β-unsaturated/α-hetero) is 1. The molecule has 5 rings (SSSR count). The summed E-state index contributed by atoms with van der Waals surface area (Å²) < 4.78 is 0. The van der Waals surface area contributed by atoms with E-state index in [-0.39, 0.29) is 29.6 Å². The molecule has 0 fully saturated rings. The Balaban J connectivity index is 1.68. The van der Waals surface area contributed by atoms with E-state index in [1.165, 1.54) is 17.0 Å². The van der Waals surface area contributed by atoms with Crippen LogP contribution in [0.3, 0.4) is 0 Å². The van der Waals surface area contributed by atoms with Crippen LogP contribution in [0.15, 0.2) is 84.1 Å². The third-order valence-electron chi connectivity index (χ3n) is 6.69. The molecular weight excluding hydrogens is 485 g/mol. The van der Waals surface area contributed by atoms with Crippen LogP contribution in [0.1, 0.15) is 52.6 Å². The molecular formula is C28H21Cl2NO4. The summed E-state index contributed by atoms with van der Waals surface area (Å²) in [5.41, 5.74) is 3.37. The standard InChI is InChI=1S/C28H21Cl2NO4/c29-19-9-10-21(23(30)14-19)22-15-26(33)31(20-8-4-7-17(11-20)28(34)35)24-12-18(13-25(32)27(22)24)16-5-2-1-3-6-16/h1-11,14,18,22H,12-13,15H2,(H,34,35). The second-order valence-corrected chi connectivity index (χ2v) is 9.65. The second kappa shape index (κ2) is 9.33. The van der Waals surface area contributed by atoms with Crippen molar-refractivity contribution in [1.82, 2.24) is 0 Å². The number of rotatable bonds is 4. The minimum absolute atomic E-state index is 0.0389. The summed E-state index contributed by atoms with van der Waals surface area (Å²) in [7, 11) is 0. The van der Waals surface area contributed by atoms with Crippen LogP contribution in [-0.2, 0) is 9.59 Å². The molecule has 2 aliphatic rings. The third-order valence-corrected chi connectivity index (χ3v) is 7.25. The normalized spacial score (nSPS) is 20.1. The average Bonchev–Trinajstić information content (AvgIpc) is 2.84. The number of hydrogen-bond acceptors (Lipinski definition) is 3. The average molecular weight is 506 g/mol. The van der Waals surface area contributed by atoms with Crippen LogP contribution in [0.5, 0.6) is 0 Å². The Bertz CT molecular complexity index is 1380. The number of carbonyl (C=O) groups is 3. The van der Waals surface area contributed by atoms with Gasteiger partial charge in [0.2, 0.25) is 5.91 Å². The van der Waals surface area contributed by atoms with Gasteiger partial charge in [-0.3, -0.25) is 14.5 Å². The predicted octanol–water partition coefficient (Wildman–Crippen LogP) is 6.61. The second-order valence-electron chi connectivity index (χ2n) is 8.81. The van der Waals surface area contributed by atoms with Gasteiger partial charge in [-0.2, -0.15) is 0 Å². The highest BCUT2D eigenvalue weighted by Crippen LogP contribution is 2.48. The van der Waals surface area contributed by atoms with Crippen molar-refractivity contribution in [3.05, 3.63) is 111 Å². The Morgan fingerprint density at radius 3 is 2.37 bits per heavy atom. The maximum atomic E-state index is 13.7. The highest BCUT2D eigenvalue weighted by atomic mass is 35.5. The highest BCUT2D eigenvalue weighted by molar-refractivity contribution is 6.35. The lowest BCUT2D eigenvalue weighted by Gasteiger charge is -2.40. The molecule has 0 bridgehead atoms. The maximum absolute atomic E-state index is 13.7. The van der Waals surface area contributed by atoms with E-state index in [0.29, 0.717) is 45.4 Å². The van der Waals surface area contributed by atoms with Crippen LogP contribution in [0, 0.1) is 0 Å². The summed E-state index contributed by atoms with van der Waals surface area (Å²) in [6.07, 6.45) is 0.830. The molecule has 7 heteroatoms. The van der Waals surface area contributed by atoms with Gasteiger partial charge >= 0.3 is 5.97 Å². The fourth-order valence-corrected chi connectivity index (χ4v) is 5.66. The first-order chi connectivity index (χ1) is 16.8. The first-order valence-electron chi connectivity index (χ1n) is 11.3. The van der Waals surface area contributed by atoms with Crippen molar-refractivity contribution in [2.75, 3.05) is 4.90 Å². The number of nitrogens with zero attached hydrogens (tertiary/aromatic N) is 1. The van der Waals surface area contributed by atoms with Crippen LogP contribution < -0.4 is 4.90 Å². The van der Waals surface area contributed by atoms with E-state index in [1.807, 2.05) is 30.3 Å². The zero-order valence-electron chi connectivity index (χ0n) is 18.6. The summed E-state index contributed by atoms with van der Waals surface area (Å²) in [5, 5.41) is 10.4. The van der Waals surface area contributed by atoms with E-state index in [1.54, 1.807) is 30.3 Å². The number of aromatic carboxylic acids is 1. The summed E-state index contributed by atoms with van der Waals surface area (Å²) in [4.78, 5) is 40.4. The summed E-state index contributed by atoms with van der Waals surface area (Å²) in [6.45, 7) is 0. The van der Waals surface area contributed by atoms with Crippen molar-refractivity contribution in [3.63, 3.8) is 0 Å². The quantitative estimate of drug-likeness (QED) is 0.432. The number of hydrogen-bond donors (Lipinski definition) is 1. The molecule has 176 valence electrons. The molecule has 1 heterocycles. The Morgan fingerprint density at radius 1 is 0.886 bits per heavy atom. The fourth-order valence-electron chi connectivity index (χ4n) is 5.12. The van der Waals surface area contributed by atoms with Crippen molar-refractivity contribution in [1.29, 1.82) is 0 Å². The smallest absolute Gasteiger partial charge is 0.335 e. The van der Waals surface area contributed by atoms with E-state index in [4.69, 9.17) is 23.2 Å². The van der Waals surface area contributed by atoms with Gasteiger partial charge in [-0.1, -0.05) is 65.7 Å². The van der Waals surface area contributed by atoms with Crippen molar-refractivity contribution >= 4 is 46.5 Å². The first kappa shape index (κ1) is 23.3. The molecule has 3 aromatic rings.